The second-order valence-corrected chi connectivity index (χ2v) is 21.0. The molecule has 1 aromatic carbocycles. The van der Waals surface area contributed by atoms with Gasteiger partial charge in [-0.05, 0) is 68.4 Å². The van der Waals surface area contributed by atoms with Gasteiger partial charge in [-0.25, -0.2) is 0 Å². The van der Waals surface area contributed by atoms with Crippen LogP contribution in [0.25, 0.3) is 0 Å². The van der Waals surface area contributed by atoms with Gasteiger partial charge in [0, 0.05) is 24.0 Å². The zero-order valence-electron chi connectivity index (χ0n) is 25.0. The molecule has 1 spiro atoms. The lowest BCUT2D eigenvalue weighted by Crippen LogP contribution is -2.47. The van der Waals surface area contributed by atoms with Crippen molar-refractivity contribution < 1.29 is 19.0 Å². The SMILES string of the molecule is COC(C)(C)O[C@H](c1ccccc1CO[Si](C)(C)C(C)(C)C)[C@H](O)C1=C(C)CCC2(SCCS2)C1(C)C. The second kappa shape index (κ2) is 11.3. The molecule has 1 fully saturated rings. The first-order chi connectivity index (χ1) is 17.0. The minimum Gasteiger partial charge on any atom is -0.413 e. The predicted octanol–water partition coefficient (Wildman–Crippen LogP) is 8.32. The quantitative estimate of drug-likeness (QED) is 0.184. The van der Waals surface area contributed by atoms with Gasteiger partial charge in [0.15, 0.2) is 14.1 Å². The second-order valence-electron chi connectivity index (χ2n) is 13.1. The molecule has 0 radical (unpaired) electrons. The minimum absolute atomic E-state index is 0.0924. The van der Waals surface area contributed by atoms with Gasteiger partial charge >= 0.3 is 0 Å². The Morgan fingerprint density at radius 2 is 1.65 bits per heavy atom. The summed E-state index contributed by atoms with van der Waals surface area (Å²) in [5, 5.41) is 12.4. The van der Waals surface area contributed by atoms with Gasteiger partial charge < -0.3 is 19.0 Å². The molecule has 2 atom stereocenters. The summed E-state index contributed by atoms with van der Waals surface area (Å²) in [5.41, 5.74) is 4.27. The maximum Gasteiger partial charge on any atom is 0.192 e. The molecule has 1 saturated heterocycles. The van der Waals surface area contributed by atoms with Crippen molar-refractivity contribution >= 4 is 31.8 Å². The number of ether oxygens (including phenoxy) is 2. The van der Waals surface area contributed by atoms with Gasteiger partial charge in [-0.2, -0.15) is 0 Å². The maximum atomic E-state index is 12.3. The highest BCUT2D eigenvalue weighted by Crippen LogP contribution is 2.64. The number of aliphatic hydroxyl groups is 1. The zero-order chi connectivity index (χ0) is 27.9. The number of methoxy groups -OCH3 is 1. The molecule has 0 bridgehead atoms. The van der Waals surface area contributed by atoms with E-state index in [1.807, 2.05) is 19.9 Å². The van der Waals surface area contributed by atoms with E-state index in [9.17, 15) is 5.11 Å². The highest BCUT2D eigenvalue weighted by Gasteiger charge is 2.55. The third-order valence-corrected chi connectivity index (χ3v) is 17.5. The lowest BCUT2D eigenvalue weighted by atomic mass is 9.68. The van der Waals surface area contributed by atoms with Crippen LogP contribution >= 0.6 is 23.5 Å². The largest absolute Gasteiger partial charge is 0.413 e. The third-order valence-electron chi connectivity index (χ3n) is 8.91. The van der Waals surface area contributed by atoms with Gasteiger partial charge in [0.05, 0.1) is 10.7 Å². The van der Waals surface area contributed by atoms with E-state index >= 15 is 0 Å². The first-order valence-electron chi connectivity index (χ1n) is 13.6. The Hall–Kier alpha value is -0.283. The molecule has 1 aliphatic carbocycles. The first kappa shape index (κ1) is 31.2. The van der Waals surface area contributed by atoms with E-state index in [0.717, 1.165) is 29.5 Å². The van der Waals surface area contributed by atoms with E-state index in [0.29, 0.717) is 6.61 Å². The summed E-state index contributed by atoms with van der Waals surface area (Å²) >= 11 is 4.15. The molecule has 0 unspecified atom stereocenters. The fraction of sp³-hybridized carbons (Fsp3) is 0.733. The molecule has 2 aliphatic rings. The molecule has 0 saturated carbocycles. The van der Waals surface area contributed by atoms with Crippen molar-refractivity contribution in [1.82, 2.24) is 0 Å². The van der Waals surface area contributed by atoms with Crippen LogP contribution < -0.4 is 0 Å². The fourth-order valence-electron chi connectivity index (χ4n) is 5.34. The topological polar surface area (TPSA) is 47.9 Å². The molecule has 210 valence electrons. The summed E-state index contributed by atoms with van der Waals surface area (Å²) in [6.07, 6.45) is 0.776. The summed E-state index contributed by atoms with van der Waals surface area (Å²) in [6.45, 7) is 22.5. The van der Waals surface area contributed by atoms with E-state index in [1.54, 1.807) is 7.11 Å². The molecule has 4 nitrogen and oxygen atoms in total. The van der Waals surface area contributed by atoms with Gasteiger partial charge in [0.25, 0.3) is 0 Å². The summed E-state index contributed by atoms with van der Waals surface area (Å²) in [5.74, 6) is 1.47. The third kappa shape index (κ3) is 6.39. The number of hydrogen-bond acceptors (Lipinski definition) is 6. The molecule has 0 amide bonds. The highest BCUT2D eigenvalue weighted by atomic mass is 32.2. The maximum absolute atomic E-state index is 12.3. The Labute approximate surface area is 235 Å². The van der Waals surface area contributed by atoms with E-state index in [4.69, 9.17) is 13.9 Å². The fourth-order valence-corrected chi connectivity index (χ4v) is 9.88. The predicted molar refractivity (Wildman–Crippen MR) is 163 cm³/mol. The van der Waals surface area contributed by atoms with Crippen LogP contribution in [-0.4, -0.2) is 48.0 Å². The summed E-state index contributed by atoms with van der Waals surface area (Å²) in [6, 6.07) is 8.29. The van der Waals surface area contributed by atoms with Crippen molar-refractivity contribution in [3.8, 4) is 0 Å². The molecule has 1 N–H and O–H groups in total. The van der Waals surface area contributed by atoms with E-state index < -0.39 is 26.3 Å². The highest BCUT2D eigenvalue weighted by molar-refractivity contribution is 8.21. The van der Waals surface area contributed by atoms with Crippen LogP contribution in [0.4, 0.5) is 0 Å². The molecular weight excluding hydrogens is 517 g/mol. The van der Waals surface area contributed by atoms with Gasteiger partial charge in [-0.15, -0.1) is 23.5 Å². The van der Waals surface area contributed by atoms with E-state index in [2.05, 4.69) is 96.4 Å². The molecule has 1 heterocycles. The molecule has 0 aromatic heterocycles. The Kier molecular flexibility index (Phi) is 9.54. The van der Waals surface area contributed by atoms with Crippen LogP contribution in [0, 0.1) is 5.41 Å². The number of thioether (sulfide) groups is 2. The minimum atomic E-state index is -1.96. The lowest BCUT2D eigenvalue weighted by Gasteiger charge is -2.51. The number of rotatable bonds is 9. The lowest BCUT2D eigenvalue weighted by molar-refractivity contribution is -0.240. The van der Waals surface area contributed by atoms with Crippen LogP contribution in [0.2, 0.25) is 18.1 Å². The summed E-state index contributed by atoms with van der Waals surface area (Å²) in [7, 11) is -0.299. The number of allylic oxidation sites excluding steroid dienone is 1. The smallest absolute Gasteiger partial charge is 0.192 e. The van der Waals surface area contributed by atoms with Crippen LogP contribution in [-0.2, 0) is 20.5 Å². The van der Waals surface area contributed by atoms with Crippen LogP contribution in [0.1, 0.15) is 85.5 Å². The first-order valence-corrected chi connectivity index (χ1v) is 18.5. The van der Waals surface area contributed by atoms with Crippen molar-refractivity contribution in [3.63, 3.8) is 0 Å². The summed E-state index contributed by atoms with van der Waals surface area (Å²) in [4.78, 5) is 0. The number of hydrogen-bond donors (Lipinski definition) is 1. The van der Waals surface area contributed by atoms with Crippen molar-refractivity contribution in [2.24, 2.45) is 5.41 Å². The van der Waals surface area contributed by atoms with Gasteiger partial charge in [0.1, 0.15) is 12.2 Å². The van der Waals surface area contributed by atoms with E-state index in [-0.39, 0.29) is 14.5 Å². The summed E-state index contributed by atoms with van der Waals surface area (Å²) < 4.78 is 19.1. The zero-order valence-corrected chi connectivity index (χ0v) is 27.6. The van der Waals surface area contributed by atoms with Crippen molar-refractivity contribution in [2.45, 2.75) is 115 Å². The molecule has 3 rings (SSSR count). The Morgan fingerprint density at radius 1 is 1.05 bits per heavy atom. The van der Waals surface area contributed by atoms with Gasteiger partial charge in [-0.3, -0.25) is 0 Å². The van der Waals surface area contributed by atoms with Crippen molar-refractivity contribution in [1.29, 1.82) is 0 Å². The normalized spacial score (nSPS) is 21.9. The van der Waals surface area contributed by atoms with Crippen molar-refractivity contribution in [3.05, 3.63) is 46.5 Å². The van der Waals surface area contributed by atoms with Crippen LogP contribution in [0.3, 0.4) is 0 Å². The molecule has 7 heteroatoms. The van der Waals surface area contributed by atoms with Gasteiger partial charge in [0.2, 0.25) is 0 Å². The molecular formula is C30H50O4S2Si. The van der Waals surface area contributed by atoms with Crippen LogP contribution in [0.15, 0.2) is 35.4 Å². The van der Waals surface area contributed by atoms with E-state index in [1.165, 1.54) is 17.1 Å². The monoisotopic (exact) mass is 566 g/mol. The molecule has 37 heavy (non-hydrogen) atoms. The molecule has 1 aliphatic heterocycles. The average molecular weight is 567 g/mol. The average Bonchev–Trinajstić information content (AvgIpc) is 3.29. The van der Waals surface area contributed by atoms with Crippen LogP contribution in [0.5, 0.6) is 0 Å². The Balaban J connectivity index is 2.06. The van der Waals surface area contributed by atoms with Gasteiger partial charge in [-0.1, -0.05) is 64.5 Å². The standard InChI is InChI=1S/C30H50O4S2Si/c1-21-16-17-30(35-18-19-36-30)28(5,6)24(21)25(31)26(34-29(7,8)32-9)23-15-13-12-14-22(23)20-33-37(10,11)27(2,3)4/h12-15,25-26,31H,16-20H2,1-11H3/t25-,26-/m1/s1. The van der Waals surface area contributed by atoms with Crippen molar-refractivity contribution in [2.75, 3.05) is 18.6 Å². The number of aliphatic hydroxyl groups excluding tert-OH is 1. The Morgan fingerprint density at radius 3 is 2.22 bits per heavy atom. The Bertz CT molecular complexity index is 974. The molecule has 1 aromatic rings. The number of benzene rings is 1.